The summed E-state index contributed by atoms with van der Waals surface area (Å²) < 4.78 is 17.7. The Morgan fingerprint density at radius 2 is 1.69 bits per heavy atom. The summed E-state index contributed by atoms with van der Waals surface area (Å²) in [5.41, 5.74) is 6.30. The van der Waals surface area contributed by atoms with E-state index < -0.39 is 6.37 Å². The molecule has 1 saturated carbocycles. The largest absolute Gasteiger partial charge is 0.256 e. The highest BCUT2D eigenvalue weighted by atomic mass is 14.7. The first-order chi connectivity index (χ1) is 14.8. The Kier molecular flexibility index (Phi) is 5.13. The van der Waals surface area contributed by atoms with E-state index in [-0.39, 0.29) is 11.3 Å². The van der Waals surface area contributed by atoms with Crippen LogP contribution in [0.3, 0.4) is 0 Å². The molecule has 150 valence electrons. The summed E-state index contributed by atoms with van der Waals surface area (Å²) in [7, 11) is 0. The summed E-state index contributed by atoms with van der Waals surface area (Å²) >= 11 is 0. The SMILES string of the molecule is [2H]C([2H])(c1ccnc(-c2cccc(C(C)(C)c3ccc(C)cc3)c2)c1)C1CCCCC1. The zero-order valence-corrected chi connectivity index (χ0v) is 17.9. The first kappa shape index (κ1) is 17.4. The predicted octanol–water partition coefficient (Wildman–Crippen LogP) is 7.51. The minimum Gasteiger partial charge on any atom is -0.256 e. The van der Waals surface area contributed by atoms with Crippen LogP contribution in [0, 0.1) is 12.8 Å². The molecule has 1 aliphatic carbocycles. The van der Waals surface area contributed by atoms with E-state index in [1.807, 2.05) is 12.1 Å². The van der Waals surface area contributed by atoms with Crippen LogP contribution in [0.1, 0.15) is 70.9 Å². The van der Waals surface area contributed by atoms with E-state index in [9.17, 15) is 0 Å². The zero-order valence-electron chi connectivity index (χ0n) is 19.9. The third kappa shape index (κ3) is 4.61. The van der Waals surface area contributed by atoms with Crippen molar-refractivity contribution < 1.29 is 2.74 Å². The molecule has 0 aliphatic heterocycles. The Balaban J connectivity index is 1.67. The molecule has 29 heavy (non-hydrogen) atoms. The second-order valence-corrected chi connectivity index (χ2v) is 8.98. The Morgan fingerprint density at radius 1 is 0.931 bits per heavy atom. The quantitative estimate of drug-likeness (QED) is 0.443. The number of aryl methyl sites for hydroxylation is 1. The van der Waals surface area contributed by atoms with Crippen LogP contribution in [0.4, 0.5) is 0 Å². The second-order valence-electron chi connectivity index (χ2n) is 8.98. The van der Waals surface area contributed by atoms with Gasteiger partial charge in [0.1, 0.15) is 0 Å². The van der Waals surface area contributed by atoms with Gasteiger partial charge in [0, 0.05) is 19.9 Å². The molecule has 0 saturated heterocycles. The number of pyridine rings is 1. The van der Waals surface area contributed by atoms with Crippen molar-refractivity contribution in [2.75, 3.05) is 0 Å². The third-order valence-electron chi connectivity index (χ3n) is 6.39. The average Bonchev–Trinajstić information content (AvgIpc) is 2.80. The number of aromatic nitrogens is 1. The monoisotopic (exact) mass is 385 g/mol. The smallest absolute Gasteiger partial charge is 0.0704 e. The van der Waals surface area contributed by atoms with Crippen LogP contribution in [0.15, 0.2) is 66.9 Å². The van der Waals surface area contributed by atoms with Gasteiger partial charge in [0.15, 0.2) is 0 Å². The Bertz CT molecular complexity index is 1030. The fraction of sp³-hybridized carbons (Fsp3) is 0.393. The van der Waals surface area contributed by atoms with Gasteiger partial charge in [-0.2, -0.15) is 0 Å². The Labute approximate surface area is 179 Å². The predicted molar refractivity (Wildman–Crippen MR) is 123 cm³/mol. The first-order valence-electron chi connectivity index (χ1n) is 11.9. The van der Waals surface area contributed by atoms with E-state index in [2.05, 4.69) is 74.3 Å². The minimum atomic E-state index is -1.31. The maximum absolute atomic E-state index is 8.83. The fourth-order valence-electron chi connectivity index (χ4n) is 4.36. The van der Waals surface area contributed by atoms with Gasteiger partial charge in [0.05, 0.1) is 5.69 Å². The summed E-state index contributed by atoms with van der Waals surface area (Å²) in [5.74, 6) is 0.100. The second kappa shape index (κ2) is 8.53. The number of nitrogens with zero attached hydrogens (tertiary/aromatic N) is 1. The molecule has 0 amide bonds. The van der Waals surface area contributed by atoms with Gasteiger partial charge in [-0.05, 0) is 54.1 Å². The molecule has 0 radical (unpaired) electrons. The van der Waals surface area contributed by atoms with Crippen molar-refractivity contribution in [3.05, 3.63) is 89.1 Å². The van der Waals surface area contributed by atoms with Crippen molar-refractivity contribution in [3.8, 4) is 11.3 Å². The van der Waals surface area contributed by atoms with Crippen molar-refractivity contribution in [1.29, 1.82) is 0 Å². The van der Waals surface area contributed by atoms with E-state index in [1.165, 1.54) is 23.1 Å². The van der Waals surface area contributed by atoms with Gasteiger partial charge >= 0.3 is 0 Å². The van der Waals surface area contributed by atoms with Crippen LogP contribution in [-0.4, -0.2) is 4.98 Å². The van der Waals surface area contributed by atoms with Crippen LogP contribution in [0.5, 0.6) is 0 Å². The van der Waals surface area contributed by atoms with Crippen LogP contribution < -0.4 is 0 Å². The van der Waals surface area contributed by atoms with E-state index in [0.29, 0.717) is 0 Å². The topological polar surface area (TPSA) is 12.9 Å². The number of hydrogen-bond acceptors (Lipinski definition) is 1. The molecule has 0 N–H and O–H groups in total. The molecule has 1 heterocycles. The molecule has 0 unspecified atom stereocenters. The summed E-state index contributed by atoms with van der Waals surface area (Å²) in [6.45, 7) is 6.62. The van der Waals surface area contributed by atoms with Crippen LogP contribution in [0.2, 0.25) is 0 Å². The van der Waals surface area contributed by atoms with Crippen molar-refractivity contribution in [1.82, 2.24) is 4.98 Å². The van der Waals surface area contributed by atoms with Gasteiger partial charge < -0.3 is 0 Å². The molecule has 4 rings (SSSR count). The zero-order chi connectivity index (χ0) is 22.1. The molecule has 1 fully saturated rings. The van der Waals surface area contributed by atoms with E-state index >= 15 is 0 Å². The van der Waals surface area contributed by atoms with Gasteiger partial charge in [-0.25, -0.2) is 0 Å². The van der Waals surface area contributed by atoms with Crippen molar-refractivity contribution in [3.63, 3.8) is 0 Å². The van der Waals surface area contributed by atoms with Crippen LogP contribution in [-0.2, 0) is 11.8 Å². The maximum atomic E-state index is 8.83. The Morgan fingerprint density at radius 3 is 2.45 bits per heavy atom. The Hall–Kier alpha value is -2.41. The van der Waals surface area contributed by atoms with E-state index in [0.717, 1.165) is 42.5 Å². The molecule has 1 aliphatic rings. The molecule has 1 nitrogen and oxygen atoms in total. The minimum absolute atomic E-state index is 0.100. The molecule has 1 aromatic heterocycles. The molecule has 0 bridgehead atoms. The van der Waals surface area contributed by atoms with Gasteiger partial charge in [-0.1, -0.05) is 94.0 Å². The molecule has 0 atom stereocenters. The highest BCUT2D eigenvalue weighted by Gasteiger charge is 2.23. The normalized spacial score (nSPS) is 16.9. The van der Waals surface area contributed by atoms with Gasteiger partial charge in [-0.15, -0.1) is 0 Å². The van der Waals surface area contributed by atoms with E-state index in [4.69, 9.17) is 2.74 Å². The van der Waals surface area contributed by atoms with Crippen LogP contribution in [0.25, 0.3) is 11.3 Å². The van der Waals surface area contributed by atoms with Crippen molar-refractivity contribution in [2.24, 2.45) is 5.92 Å². The highest BCUT2D eigenvalue weighted by Crippen LogP contribution is 2.34. The van der Waals surface area contributed by atoms with Gasteiger partial charge in [-0.3, -0.25) is 4.98 Å². The van der Waals surface area contributed by atoms with E-state index in [1.54, 1.807) is 6.20 Å². The van der Waals surface area contributed by atoms with Crippen molar-refractivity contribution in [2.45, 2.75) is 64.7 Å². The number of hydrogen-bond donors (Lipinski definition) is 0. The molecule has 0 spiro atoms. The molecule has 1 heteroatoms. The summed E-state index contributed by atoms with van der Waals surface area (Å²) in [6.07, 6.45) is 5.92. The molecule has 2 aromatic carbocycles. The standard InChI is InChI=1S/C28H33N/c1-21-12-14-25(15-13-21)28(2,3)26-11-7-10-24(20-26)27-19-23(16-17-29-27)18-22-8-5-4-6-9-22/h7,10-17,19-20,22H,4-6,8-9,18H2,1-3H3/i18D2. The van der Waals surface area contributed by atoms with Gasteiger partial charge in [0.25, 0.3) is 0 Å². The summed E-state index contributed by atoms with van der Waals surface area (Å²) in [5, 5.41) is 0. The lowest BCUT2D eigenvalue weighted by molar-refractivity contribution is 0.356. The average molecular weight is 386 g/mol. The molecular formula is C28H33N. The van der Waals surface area contributed by atoms with Gasteiger partial charge in [0.2, 0.25) is 0 Å². The lowest BCUT2D eigenvalue weighted by atomic mass is 9.77. The molecule has 3 aromatic rings. The molecular weight excluding hydrogens is 350 g/mol. The van der Waals surface area contributed by atoms with Crippen LogP contribution >= 0.6 is 0 Å². The van der Waals surface area contributed by atoms with Crippen molar-refractivity contribution >= 4 is 0 Å². The number of rotatable bonds is 5. The number of benzene rings is 2. The highest BCUT2D eigenvalue weighted by molar-refractivity contribution is 5.62. The fourth-order valence-corrected chi connectivity index (χ4v) is 4.36. The third-order valence-corrected chi connectivity index (χ3v) is 6.39. The lowest BCUT2D eigenvalue weighted by Crippen LogP contribution is -2.18. The summed E-state index contributed by atoms with van der Waals surface area (Å²) in [4.78, 5) is 4.61. The maximum Gasteiger partial charge on any atom is 0.0704 e. The lowest BCUT2D eigenvalue weighted by Gasteiger charge is -2.27. The summed E-state index contributed by atoms with van der Waals surface area (Å²) in [6, 6.07) is 21.1. The first-order valence-corrected chi connectivity index (χ1v) is 10.9.